The van der Waals surface area contributed by atoms with Gasteiger partial charge in [-0.25, -0.2) is 0 Å². The van der Waals surface area contributed by atoms with Crippen molar-refractivity contribution in [3.8, 4) is 5.75 Å². The molecule has 1 saturated heterocycles. The van der Waals surface area contributed by atoms with Gasteiger partial charge in [0.05, 0.1) is 8.48 Å². The van der Waals surface area contributed by atoms with Crippen LogP contribution in [-0.2, 0) is 16.2 Å². The summed E-state index contributed by atoms with van der Waals surface area (Å²) in [6, 6.07) is 20.9. The van der Waals surface area contributed by atoms with Gasteiger partial charge in [-0.1, -0.05) is 30.3 Å². The second kappa shape index (κ2) is 12.1. The van der Waals surface area contributed by atoms with Crippen LogP contribution in [0.2, 0.25) is 0 Å². The Bertz CT molecular complexity index is 1310. The predicted octanol–water partition coefficient (Wildman–Crippen LogP) is 6.75. The third-order valence-electron chi connectivity index (χ3n) is 4.85. The van der Waals surface area contributed by atoms with Gasteiger partial charge in [0.25, 0.3) is 11.1 Å². The number of amides is 3. The summed E-state index contributed by atoms with van der Waals surface area (Å²) in [6.07, 6.45) is 1.66. The number of imide groups is 1. The number of benzene rings is 3. The molecule has 0 aliphatic carbocycles. The standard InChI is InChI=1S/C25H17I3N2O4S/c26-17-6-8-19(9-7-17)29-22(31)13-30-24(32)21(35-25(30)33)11-16-10-18(27)12-20(28)23(16)34-14-15-4-2-1-3-5-15/h1-12H,13-14H2,(H,29,31)/b21-11+. The SMILES string of the molecule is O=C(CN1C(=O)S/C(=C/c2cc(I)cc(I)c2OCc2ccccc2)C1=O)Nc1ccc(I)cc1. The molecule has 3 aromatic carbocycles. The normalized spacial score (nSPS) is 14.5. The maximum atomic E-state index is 13.0. The van der Waals surface area contributed by atoms with E-state index in [1.807, 2.05) is 54.6 Å². The summed E-state index contributed by atoms with van der Waals surface area (Å²) in [4.78, 5) is 39.2. The summed E-state index contributed by atoms with van der Waals surface area (Å²) in [7, 11) is 0. The van der Waals surface area contributed by atoms with Crippen molar-refractivity contribution in [2.45, 2.75) is 6.61 Å². The third kappa shape index (κ3) is 6.98. The average molecular weight is 822 g/mol. The monoisotopic (exact) mass is 822 g/mol. The van der Waals surface area contributed by atoms with Crippen LogP contribution in [0.25, 0.3) is 6.08 Å². The van der Waals surface area contributed by atoms with Crippen LogP contribution in [-0.4, -0.2) is 28.5 Å². The molecular formula is C25H17I3N2O4S. The Morgan fingerprint density at radius 2 is 1.69 bits per heavy atom. The summed E-state index contributed by atoms with van der Waals surface area (Å²) in [5.74, 6) is -0.302. The van der Waals surface area contributed by atoms with Crippen molar-refractivity contribution in [1.82, 2.24) is 4.90 Å². The molecule has 3 amide bonds. The van der Waals surface area contributed by atoms with Gasteiger partial charge < -0.3 is 10.1 Å². The van der Waals surface area contributed by atoms with Crippen molar-refractivity contribution in [1.29, 1.82) is 0 Å². The highest BCUT2D eigenvalue weighted by molar-refractivity contribution is 14.1. The Morgan fingerprint density at radius 1 is 0.971 bits per heavy atom. The smallest absolute Gasteiger partial charge is 0.294 e. The van der Waals surface area contributed by atoms with E-state index in [-0.39, 0.29) is 11.4 Å². The fraction of sp³-hybridized carbons (Fsp3) is 0.0800. The Labute approximate surface area is 247 Å². The number of nitrogens with one attached hydrogen (secondary N) is 1. The van der Waals surface area contributed by atoms with Crippen molar-refractivity contribution in [3.05, 3.63) is 93.5 Å². The predicted molar refractivity (Wildman–Crippen MR) is 163 cm³/mol. The van der Waals surface area contributed by atoms with Crippen molar-refractivity contribution in [3.63, 3.8) is 0 Å². The molecule has 1 aliphatic heterocycles. The second-order valence-corrected chi connectivity index (χ2v) is 12.0. The molecule has 10 heteroatoms. The first-order valence-electron chi connectivity index (χ1n) is 10.3. The van der Waals surface area contributed by atoms with Crippen LogP contribution in [0.3, 0.4) is 0 Å². The highest BCUT2D eigenvalue weighted by Crippen LogP contribution is 2.36. The number of ether oxygens (including phenoxy) is 1. The number of carbonyl (C=O) groups is 3. The number of hydrogen-bond acceptors (Lipinski definition) is 5. The lowest BCUT2D eigenvalue weighted by Crippen LogP contribution is -2.36. The summed E-state index contributed by atoms with van der Waals surface area (Å²) >= 11 is 7.40. The first kappa shape index (κ1) is 26.4. The van der Waals surface area contributed by atoms with E-state index in [4.69, 9.17) is 4.74 Å². The van der Waals surface area contributed by atoms with E-state index >= 15 is 0 Å². The molecule has 0 radical (unpaired) electrons. The number of hydrogen-bond donors (Lipinski definition) is 1. The van der Waals surface area contributed by atoms with Gasteiger partial charge in [0.1, 0.15) is 18.9 Å². The highest BCUT2D eigenvalue weighted by Gasteiger charge is 2.36. The van der Waals surface area contributed by atoms with E-state index < -0.39 is 17.1 Å². The van der Waals surface area contributed by atoms with Gasteiger partial charge in [0.15, 0.2) is 0 Å². The molecule has 0 unspecified atom stereocenters. The molecule has 1 aliphatic rings. The minimum Gasteiger partial charge on any atom is -0.487 e. The molecule has 0 bridgehead atoms. The molecule has 0 spiro atoms. The van der Waals surface area contributed by atoms with Crippen molar-refractivity contribution < 1.29 is 19.1 Å². The van der Waals surface area contributed by atoms with Crippen LogP contribution >= 0.6 is 79.5 Å². The molecule has 35 heavy (non-hydrogen) atoms. The first-order valence-corrected chi connectivity index (χ1v) is 14.3. The number of halogens is 3. The molecule has 1 heterocycles. The minimum atomic E-state index is -0.499. The van der Waals surface area contributed by atoms with E-state index in [0.717, 1.165) is 32.9 Å². The van der Waals surface area contributed by atoms with Gasteiger partial charge in [-0.05, 0) is 128 Å². The molecule has 4 rings (SSSR count). The van der Waals surface area contributed by atoms with Crippen LogP contribution in [0.4, 0.5) is 10.5 Å². The Kier molecular flexibility index (Phi) is 9.10. The van der Waals surface area contributed by atoms with E-state index in [2.05, 4.69) is 73.1 Å². The lowest BCUT2D eigenvalue weighted by Gasteiger charge is -2.13. The summed E-state index contributed by atoms with van der Waals surface area (Å²) in [5, 5.41) is 2.24. The zero-order valence-electron chi connectivity index (χ0n) is 18.0. The number of carbonyl (C=O) groups excluding carboxylic acids is 3. The molecule has 1 fully saturated rings. The third-order valence-corrected chi connectivity index (χ3v) is 7.90. The van der Waals surface area contributed by atoms with E-state index in [9.17, 15) is 14.4 Å². The van der Waals surface area contributed by atoms with Crippen LogP contribution in [0.1, 0.15) is 11.1 Å². The number of thioether (sulfide) groups is 1. The highest BCUT2D eigenvalue weighted by atomic mass is 127. The van der Waals surface area contributed by atoms with Crippen LogP contribution in [0.5, 0.6) is 5.75 Å². The van der Waals surface area contributed by atoms with Crippen molar-refractivity contribution >= 4 is 108 Å². The van der Waals surface area contributed by atoms with E-state index in [1.165, 1.54) is 0 Å². The fourth-order valence-electron chi connectivity index (χ4n) is 3.22. The zero-order chi connectivity index (χ0) is 24.9. The van der Waals surface area contributed by atoms with Crippen LogP contribution in [0, 0.1) is 10.7 Å². The lowest BCUT2D eigenvalue weighted by atomic mass is 10.1. The summed E-state index contributed by atoms with van der Waals surface area (Å²) in [6.45, 7) is 0.0215. The average Bonchev–Trinajstić information content (AvgIpc) is 3.08. The molecule has 1 N–H and O–H groups in total. The van der Waals surface area contributed by atoms with Crippen molar-refractivity contribution in [2.75, 3.05) is 11.9 Å². The summed E-state index contributed by atoms with van der Waals surface area (Å²) < 4.78 is 9.01. The van der Waals surface area contributed by atoms with Gasteiger partial charge >= 0.3 is 0 Å². The fourth-order valence-corrected chi connectivity index (χ4v) is 6.46. The quantitative estimate of drug-likeness (QED) is 0.211. The van der Waals surface area contributed by atoms with Crippen molar-refractivity contribution in [2.24, 2.45) is 0 Å². The topological polar surface area (TPSA) is 75.7 Å². The van der Waals surface area contributed by atoms with E-state index in [1.54, 1.807) is 18.2 Å². The molecule has 6 nitrogen and oxygen atoms in total. The second-order valence-electron chi connectivity index (χ2n) is 7.40. The molecule has 178 valence electrons. The number of rotatable bonds is 7. The van der Waals surface area contributed by atoms with Gasteiger partial charge in [0, 0.05) is 18.4 Å². The lowest BCUT2D eigenvalue weighted by molar-refractivity contribution is -0.127. The van der Waals surface area contributed by atoms with Crippen LogP contribution in [0.15, 0.2) is 71.6 Å². The Balaban J connectivity index is 1.51. The molecule has 0 atom stereocenters. The molecule has 3 aromatic rings. The van der Waals surface area contributed by atoms with Gasteiger partial charge in [-0.15, -0.1) is 0 Å². The first-order chi connectivity index (χ1) is 16.8. The van der Waals surface area contributed by atoms with Crippen LogP contribution < -0.4 is 10.1 Å². The zero-order valence-corrected chi connectivity index (χ0v) is 25.3. The van der Waals surface area contributed by atoms with E-state index in [0.29, 0.717) is 23.6 Å². The molecular weight excluding hydrogens is 805 g/mol. The number of nitrogens with zero attached hydrogens (tertiary/aromatic N) is 1. The maximum Gasteiger partial charge on any atom is 0.294 e. The molecule has 0 aromatic heterocycles. The Hall–Kier alpha value is -1.65. The van der Waals surface area contributed by atoms with Gasteiger partial charge in [0.2, 0.25) is 5.91 Å². The largest absolute Gasteiger partial charge is 0.487 e. The minimum absolute atomic E-state index is 0.249. The number of anilines is 1. The van der Waals surface area contributed by atoms with Gasteiger partial charge in [-0.3, -0.25) is 19.3 Å². The maximum absolute atomic E-state index is 13.0. The van der Waals surface area contributed by atoms with Gasteiger partial charge in [-0.2, -0.15) is 0 Å². The molecule has 0 saturated carbocycles. The summed E-state index contributed by atoms with van der Waals surface area (Å²) in [5.41, 5.74) is 2.32. The Morgan fingerprint density at radius 3 is 2.40 bits per heavy atom.